The number of ether oxygens (including phenoxy) is 1. The molecule has 2 aliphatic rings. The monoisotopic (exact) mass is 332 g/mol. The summed E-state index contributed by atoms with van der Waals surface area (Å²) >= 11 is 0. The molecular formula is C20H28O4. The molecule has 0 aromatic heterocycles. The van der Waals surface area contributed by atoms with Gasteiger partial charge in [-0.1, -0.05) is 41.0 Å². The van der Waals surface area contributed by atoms with Gasteiger partial charge >= 0.3 is 0 Å². The summed E-state index contributed by atoms with van der Waals surface area (Å²) in [6.07, 6.45) is 2.81. The molecule has 0 bridgehead atoms. The molecule has 0 saturated heterocycles. The third-order valence-electron chi connectivity index (χ3n) is 6.24. The molecule has 0 aliphatic heterocycles. The standard InChI is InChI=1S/C20H28O4/c1-10(2)11-14(21)12-13(16(23)17(11)24-6)20(5)9-7-8-19(3,4)18(20)15(12)22/h10,18,21,23H,7-9H2,1-6H3/t18-,20-/m1/s1. The molecule has 24 heavy (non-hydrogen) atoms. The summed E-state index contributed by atoms with van der Waals surface area (Å²) in [5.74, 6) is 0.00930. The van der Waals surface area contributed by atoms with E-state index in [4.69, 9.17) is 4.74 Å². The molecule has 1 fully saturated rings. The molecule has 0 radical (unpaired) electrons. The van der Waals surface area contributed by atoms with E-state index in [1.807, 2.05) is 13.8 Å². The number of hydrogen-bond donors (Lipinski definition) is 2. The first-order valence-electron chi connectivity index (χ1n) is 8.78. The summed E-state index contributed by atoms with van der Waals surface area (Å²) in [6, 6.07) is 0. The van der Waals surface area contributed by atoms with Crippen LogP contribution in [0.5, 0.6) is 17.2 Å². The molecule has 1 aromatic carbocycles. The lowest BCUT2D eigenvalue weighted by Gasteiger charge is -2.46. The van der Waals surface area contributed by atoms with Crippen LogP contribution in [-0.4, -0.2) is 23.1 Å². The number of phenols is 2. The zero-order chi connectivity index (χ0) is 18.0. The van der Waals surface area contributed by atoms with Gasteiger partial charge in [0, 0.05) is 22.5 Å². The Morgan fingerprint density at radius 3 is 2.29 bits per heavy atom. The average Bonchev–Trinajstić information content (AvgIpc) is 2.71. The third kappa shape index (κ3) is 1.95. The van der Waals surface area contributed by atoms with Gasteiger partial charge in [0.15, 0.2) is 17.3 Å². The molecule has 2 N–H and O–H groups in total. The van der Waals surface area contributed by atoms with Gasteiger partial charge in [-0.05, 0) is 24.2 Å². The van der Waals surface area contributed by atoms with E-state index in [-0.39, 0.29) is 34.5 Å². The number of benzene rings is 1. The van der Waals surface area contributed by atoms with Crippen LogP contribution in [0.2, 0.25) is 0 Å². The van der Waals surface area contributed by atoms with Crippen molar-refractivity contribution in [3.05, 3.63) is 16.7 Å². The minimum absolute atomic E-state index is 0.00826. The fourth-order valence-corrected chi connectivity index (χ4v) is 5.38. The molecule has 0 unspecified atom stereocenters. The van der Waals surface area contributed by atoms with E-state index in [0.29, 0.717) is 22.4 Å². The summed E-state index contributed by atoms with van der Waals surface area (Å²) in [7, 11) is 1.49. The maximum absolute atomic E-state index is 13.3. The van der Waals surface area contributed by atoms with Gasteiger partial charge in [-0.15, -0.1) is 0 Å². The predicted molar refractivity (Wildman–Crippen MR) is 93.2 cm³/mol. The summed E-state index contributed by atoms with van der Waals surface area (Å²) in [5.41, 5.74) is 0.803. The van der Waals surface area contributed by atoms with Crippen LogP contribution in [0.4, 0.5) is 0 Å². The van der Waals surface area contributed by atoms with Crippen LogP contribution in [-0.2, 0) is 5.41 Å². The van der Waals surface area contributed by atoms with Crippen LogP contribution in [0, 0.1) is 11.3 Å². The molecule has 132 valence electrons. The van der Waals surface area contributed by atoms with E-state index in [2.05, 4.69) is 20.8 Å². The topological polar surface area (TPSA) is 66.8 Å². The zero-order valence-electron chi connectivity index (χ0n) is 15.5. The summed E-state index contributed by atoms with van der Waals surface area (Å²) in [5, 5.41) is 21.9. The van der Waals surface area contributed by atoms with Crippen molar-refractivity contribution in [3.8, 4) is 17.2 Å². The minimum atomic E-state index is -0.460. The van der Waals surface area contributed by atoms with Crippen molar-refractivity contribution in [1.82, 2.24) is 0 Å². The molecule has 2 aliphatic carbocycles. The molecule has 0 spiro atoms. The van der Waals surface area contributed by atoms with Gasteiger partial charge in [0.05, 0.1) is 12.7 Å². The van der Waals surface area contributed by atoms with Gasteiger partial charge in [-0.2, -0.15) is 0 Å². The first kappa shape index (κ1) is 17.1. The second-order valence-electron chi connectivity index (χ2n) is 8.61. The average molecular weight is 332 g/mol. The minimum Gasteiger partial charge on any atom is -0.507 e. The number of methoxy groups -OCH3 is 1. The predicted octanol–water partition coefficient (Wildman–Crippen LogP) is 4.51. The number of rotatable bonds is 2. The van der Waals surface area contributed by atoms with Crippen LogP contribution in [0.15, 0.2) is 0 Å². The molecule has 0 heterocycles. The first-order valence-corrected chi connectivity index (χ1v) is 8.78. The van der Waals surface area contributed by atoms with Gasteiger partial charge in [-0.25, -0.2) is 0 Å². The molecule has 4 heteroatoms. The second-order valence-corrected chi connectivity index (χ2v) is 8.61. The van der Waals surface area contributed by atoms with Gasteiger partial charge in [0.2, 0.25) is 0 Å². The van der Waals surface area contributed by atoms with Gasteiger partial charge in [-0.3, -0.25) is 4.79 Å². The number of aromatic hydroxyl groups is 2. The van der Waals surface area contributed by atoms with E-state index in [9.17, 15) is 15.0 Å². The Bertz CT molecular complexity index is 717. The van der Waals surface area contributed by atoms with Gasteiger partial charge in [0.1, 0.15) is 5.75 Å². The maximum Gasteiger partial charge on any atom is 0.171 e. The lowest BCUT2D eigenvalue weighted by atomic mass is 9.56. The van der Waals surface area contributed by atoms with E-state index in [1.54, 1.807) is 0 Å². The molecular weight excluding hydrogens is 304 g/mol. The van der Waals surface area contributed by atoms with Gasteiger partial charge < -0.3 is 14.9 Å². The van der Waals surface area contributed by atoms with E-state index in [0.717, 1.165) is 19.3 Å². The quantitative estimate of drug-likeness (QED) is 0.782. The summed E-state index contributed by atoms with van der Waals surface area (Å²) in [4.78, 5) is 13.3. The Balaban J connectivity index is 2.39. The van der Waals surface area contributed by atoms with E-state index >= 15 is 0 Å². The van der Waals surface area contributed by atoms with E-state index < -0.39 is 5.41 Å². The zero-order valence-corrected chi connectivity index (χ0v) is 15.5. The highest BCUT2D eigenvalue weighted by molar-refractivity contribution is 6.08. The Hall–Kier alpha value is -1.71. The molecule has 0 amide bonds. The molecule has 1 aromatic rings. The van der Waals surface area contributed by atoms with Crippen molar-refractivity contribution in [2.45, 2.75) is 65.2 Å². The van der Waals surface area contributed by atoms with Crippen molar-refractivity contribution < 1.29 is 19.7 Å². The van der Waals surface area contributed by atoms with Gasteiger partial charge in [0.25, 0.3) is 0 Å². The first-order chi connectivity index (χ1) is 11.1. The lowest BCUT2D eigenvalue weighted by Crippen LogP contribution is -2.44. The Morgan fingerprint density at radius 1 is 1.12 bits per heavy atom. The maximum atomic E-state index is 13.3. The van der Waals surface area contributed by atoms with Crippen LogP contribution in [0.3, 0.4) is 0 Å². The van der Waals surface area contributed by atoms with Crippen molar-refractivity contribution in [2.75, 3.05) is 7.11 Å². The van der Waals surface area contributed by atoms with Crippen molar-refractivity contribution in [2.24, 2.45) is 11.3 Å². The smallest absolute Gasteiger partial charge is 0.171 e. The number of phenolic OH excluding ortho intramolecular Hbond substituents is 2. The molecule has 1 saturated carbocycles. The summed E-state index contributed by atoms with van der Waals surface area (Å²) < 4.78 is 5.43. The molecule has 2 atom stereocenters. The van der Waals surface area contributed by atoms with Crippen LogP contribution < -0.4 is 4.74 Å². The van der Waals surface area contributed by atoms with Crippen LogP contribution >= 0.6 is 0 Å². The fourth-order valence-electron chi connectivity index (χ4n) is 5.38. The van der Waals surface area contributed by atoms with Crippen molar-refractivity contribution in [1.29, 1.82) is 0 Å². The van der Waals surface area contributed by atoms with E-state index in [1.165, 1.54) is 7.11 Å². The lowest BCUT2D eigenvalue weighted by molar-refractivity contribution is 0.0496. The normalized spacial score (nSPS) is 28.0. The number of fused-ring (bicyclic) bond motifs is 3. The number of carbonyl (C=O) groups is 1. The van der Waals surface area contributed by atoms with Crippen molar-refractivity contribution >= 4 is 5.78 Å². The Kier molecular flexibility index (Phi) is 3.67. The largest absolute Gasteiger partial charge is 0.507 e. The summed E-state index contributed by atoms with van der Waals surface area (Å²) in [6.45, 7) is 10.1. The number of carbonyl (C=O) groups excluding carboxylic acids is 1. The Labute approximate surface area is 143 Å². The molecule has 4 nitrogen and oxygen atoms in total. The SMILES string of the molecule is COc1c(O)c2c(c(O)c1C(C)C)C(=O)[C@@H]1C(C)(C)CCC[C@]21C. The number of ketones is 1. The van der Waals surface area contributed by atoms with Crippen LogP contribution in [0.25, 0.3) is 0 Å². The highest BCUT2D eigenvalue weighted by Gasteiger charge is 2.59. The second kappa shape index (κ2) is 5.14. The number of Topliss-reactive ketones (excluding diaryl/α,β-unsaturated/α-hetero) is 1. The Morgan fingerprint density at radius 2 is 1.75 bits per heavy atom. The van der Waals surface area contributed by atoms with Crippen LogP contribution in [0.1, 0.15) is 81.3 Å². The van der Waals surface area contributed by atoms with Crippen molar-refractivity contribution in [3.63, 3.8) is 0 Å². The highest BCUT2D eigenvalue weighted by atomic mass is 16.5. The number of hydrogen-bond acceptors (Lipinski definition) is 4. The molecule has 3 rings (SSSR count). The third-order valence-corrected chi connectivity index (χ3v) is 6.24. The highest BCUT2D eigenvalue weighted by Crippen LogP contribution is 2.64. The fraction of sp³-hybridized carbons (Fsp3) is 0.650.